The Morgan fingerprint density at radius 3 is 3.00 bits per heavy atom. The van der Waals surface area contributed by atoms with Crippen LogP contribution < -0.4 is 5.73 Å². The summed E-state index contributed by atoms with van der Waals surface area (Å²) in [6.07, 6.45) is 3.87. The summed E-state index contributed by atoms with van der Waals surface area (Å²) in [5, 5.41) is 4.21. The van der Waals surface area contributed by atoms with Gasteiger partial charge in [0.1, 0.15) is 6.10 Å². The maximum Gasteiger partial charge on any atom is 0.101 e. The van der Waals surface area contributed by atoms with Gasteiger partial charge in [0.2, 0.25) is 0 Å². The van der Waals surface area contributed by atoms with Gasteiger partial charge < -0.3 is 10.5 Å². The lowest BCUT2D eigenvalue weighted by molar-refractivity contribution is 0.00162. The van der Waals surface area contributed by atoms with Crippen molar-refractivity contribution in [3.05, 3.63) is 17.5 Å². The molecule has 0 spiro atoms. The van der Waals surface area contributed by atoms with Gasteiger partial charge in [0.15, 0.2) is 0 Å². The normalized spacial score (nSPS) is 27.9. The number of rotatable bonds is 1. The van der Waals surface area contributed by atoms with E-state index in [0.717, 1.165) is 19.4 Å². The summed E-state index contributed by atoms with van der Waals surface area (Å²) >= 11 is 0. The Labute approximate surface area is 84.0 Å². The van der Waals surface area contributed by atoms with Crippen LogP contribution in [0.3, 0.4) is 0 Å². The number of nitrogens with zero attached hydrogens (tertiary/aromatic N) is 2. The van der Waals surface area contributed by atoms with E-state index in [1.54, 1.807) is 0 Å². The topological polar surface area (TPSA) is 53.1 Å². The smallest absolute Gasteiger partial charge is 0.101 e. The summed E-state index contributed by atoms with van der Waals surface area (Å²) in [6, 6.07) is 0.267. The Kier molecular flexibility index (Phi) is 2.56. The summed E-state index contributed by atoms with van der Waals surface area (Å²) in [4.78, 5) is 0. The molecular formula is C10H17N3O. The van der Waals surface area contributed by atoms with Gasteiger partial charge in [-0.15, -0.1) is 0 Å². The van der Waals surface area contributed by atoms with Crippen molar-refractivity contribution in [3.8, 4) is 0 Å². The molecule has 2 rings (SSSR count). The molecule has 14 heavy (non-hydrogen) atoms. The highest BCUT2D eigenvalue weighted by atomic mass is 16.5. The van der Waals surface area contributed by atoms with Gasteiger partial charge in [-0.3, -0.25) is 4.68 Å². The van der Waals surface area contributed by atoms with E-state index in [9.17, 15) is 0 Å². The molecule has 2 atom stereocenters. The highest BCUT2D eigenvalue weighted by Gasteiger charge is 2.25. The predicted octanol–water partition coefficient (Wildman–Crippen LogP) is 0.907. The molecule has 2 N–H and O–H groups in total. The Bertz CT molecular complexity index is 302. The molecule has 1 aromatic rings. The molecule has 4 heteroatoms. The largest absolute Gasteiger partial charge is 0.372 e. The molecule has 0 aliphatic carbocycles. The second-order valence-electron chi connectivity index (χ2n) is 3.98. The maximum absolute atomic E-state index is 5.92. The second-order valence-corrected chi connectivity index (χ2v) is 3.98. The maximum atomic E-state index is 5.92. The van der Waals surface area contributed by atoms with Gasteiger partial charge in [0.05, 0.1) is 11.9 Å². The van der Waals surface area contributed by atoms with Crippen LogP contribution in [0.25, 0.3) is 0 Å². The van der Waals surface area contributed by atoms with Crippen molar-refractivity contribution in [2.24, 2.45) is 12.8 Å². The molecule has 0 saturated carbocycles. The summed E-state index contributed by atoms with van der Waals surface area (Å²) in [5.74, 6) is 0. The Hall–Kier alpha value is -0.870. The first-order chi connectivity index (χ1) is 6.68. The highest BCUT2D eigenvalue weighted by molar-refractivity contribution is 5.18. The predicted molar refractivity (Wildman–Crippen MR) is 53.8 cm³/mol. The Morgan fingerprint density at radius 2 is 2.43 bits per heavy atom. The fourth-order valence-electron chi connectivity index (χ4n) is 2.03. The van der Waals surface area contributed by atoms with Gasteiger partial charge in [-0.05, 0) is 25.3 Å². The highest BCUT2D eigenvalue weighted by Crippen LogP contribution is 2.28. The first-order valence-corrected chi connectivity index (χ1v) is 5.04. The van der Waals surface area contributed by atoms with Crippen LogP contribution in [-0.4, -0.2) is 22.4 Å². The minimum atomic E-state index is 0.131. The summed E-state index contributed by atoms with van der Waals surface area (Å²) in [5.41, 5.74) is 8.28. The molecule has 1 aromatic heterocycles. The lowest BCUT2D eigenvalue weighted by Gasteiger charge is -2.27. The Morgan fingerprint density at radius 1 is 1.64 bits per heavy atom. The monoisotopic (exact) mass is 195 g/mol. The van der Waals surface area contributed by atoms with E-state index < -0.39 is 0 Å². The summed E-state index contributed by atoms with van der Waals surface area (Å²) in [6.45, 7) is 2.82. The third-order valence-electron chi connectivity index (χ3n) is 2.81. The number of ether oxygens (including phenoxy) is 1. The lowest BCUT2D eigenvalue weighted by Crippen LogP contribution is -2.31. The van der Waals surface area contributed by atoms with Crippen LogP contribution in [0.5, 0.6) is 0 Å². The molecule has 1 aliphatic rings. The van der Waals surface area contributed by atoms with Gasteiger partial charge in [-0.2, -0.15) is 5.10 Å². The van der Waals surface area contributed by atoms with Crippen molar-refractivity contribution in [2.75, 3.05) is 6.61 Å². The Balaban J connectivity index is 2.21. The van der Waals surface area contributed by atoms with Gasteiger partial charge in [-0.1, -0.05) is 0 Å². The number of hydrogen-bond acceptors (Lipinski definition) is 3. The van der Waals surface area contributed by atoms with Crippen molar-refractivity contribution >= 4 is 0 Å². The summed E-state index contributed by atoms with van der Waals surface area (Å²) in [7, 11) is 1.95. The second kappa shape index (κ2) is 3.71. The molecule has 1 saturated heterocycles. The van der Waals surface area contributed by atoms with Crippen LogP contribution in [0.2, 0.25) is 0 Å². The van der Waals surface area contributed by atoms with Gasteiger partial charge >= 0.3 is 0 Å². The zero-order valence-corrected chi connectivity index (χ0v) is 8.73. The lowest BCUT2D eigenvalue weighted by atomic mass is 10.0. The van der Waals surface area contributed by atoms with Crippen molar-refractivity contribution < 1.29 is 4.74 Å². The molecule has 78 valence electrons. The average molecular weight is 195 g/mol. The van der Waals surface area contributed by atoms with Gasteiger partial charge in [0.25, 0.3) is 0 Å². The molecule has 0 radical (unpaired) electrons. The fraction of sp³-hybridized carbons (Fsp3) is 0.700. The quantitative estimate of drug-likeness (QED) is 0.724. The molecule has 1 aliphatic heterocycles. The van der Waals surface area contributed by atoms with E-state index in [-0.39, 0.29) is 12.1 Å². The van der Waals surface area contributed by atoms with E-state index >= 15 is 0 Å². The van der Waals surface area contributed by atoms with E-state index in [2.05, 4.69) is 12.0 Å². The van der Waals surface area contributed by atoms with E-state index in [1.165, 1.54) is 11.3 Å². The number of hydrogen-bond donors (Lipinski definition) is 1. The van der Waals surface area contributed by atoms with Crippen LogP contribution in [0, 0.1) is 6.92 Å². The molecule has 2 unspecified atom stereocenters. The average Bonchev–Trinajstić information content (AvgIpc) is 2.46. The number of nitrogens with two attached hydrogens (primary N) is 1. The van der Waals surface area contributed by atoms with Crippen molar-refractivity contribution in [3.63, 3.8) is 0 Å². The molecule has 0 amide bonds. The third kappa shape index (κ3) is 1.67. The molecular weight excluding hydrogens is 178 g/mol. The first kappa shape index (κ1) is 9.68. The molecule has 0 bridgehead atoms. The molecule has 4 nitrogen and oxygen atoms in total. The van der Waals surface area contributed by atoms with E-state index in [0.29, 0.717) is 0 Å². The SMILES string of the molecule is Cc1cnn(C)c1C1CC(N)CCO1. The molecule has 2 heterocycles. The van der Waals surface area contributed by atoms with Crippen LogP contribution in [-0.2, 0) is 11.8 Å². The van der Waals surface area contributed by atoms with Crippen LogP contribution >= 0.6 is 0 Å². The zero-order valence-electron chi connectivity index (χ0n) is 8.73. The molecule has 1 fully saturated rings. The number of aromatic nitrogens is 2. The van der Waals surface area contributed by atoms with E-state index in [4.69, 9.17) is 10.5 Å². The van der Waals surface area contributed by atoms with Gasteiger partial charge in [0, 0.05) is 19.7 Å². The standard InChI is InChI=1S/C10H17N3O/c1-7-6-12-13(2)10(7)9-5-8(11)3-4-14-9/h6,8-9H,3-5,11H2,1-2H3. The van der Waals surface area contributed by atoms with Crippen LogP contribution in [0.1, 0.15) is 30.2 Å². The summed E-state index contributed by atoms with van der Waals surface area (Å²) < 4.78 is 7.60. The van der Waals surface area contributed by atoms with Crippen LogP contribution in [0.4, 0.5) is 0 Å². The molecule has 0 aromatic carbocycles. The van der Waals surface area contributed by atoms with Crippen molar-refractivity contribution in [2.45, 2.75) is 31.9 Å². The minimum Gasteiger partial charge on any atom is -0.372 e. The van der Waals surface area contributed by atoms with Crippen molar-refractivity contribution in [1.29, 1.82) is 0 Å². The third-order valence-corrected chi connectivity index (χ3v) is 2.81. The zero-order chi connectivity index (χ0) is 10.1. The van der Waals surface area contributed by atoms with Crippen molar-refractivity contribution in [1.82, 2.24) is 9.78 Å². The number of aryl methyl sites for hydroxylation is 2. The first-order valence-electron chi connectivity index (χ1n) is 5.04. The fourth-order valence-corrected chi connectivity index (χ4v) is 2.03. The van der Waals surface area contributed by atoms with Crippen LogP contribution in [0.15, 0.2) is 6.20 Å². The minimum absolute atomic E-state index is 0.131. The van der Waals surface area contributed by atoms with E-state index in [1.807, 2.05) is 17.9 Å². The van der Waals surface area contributed by atoms with Gasteiger partial charge in [-0.25, -0.2) is 0 Å².